The van der Waals surface area contributed by atoms with E-state index < -0.39 is 0 Å². The van der Waals surface area contributed by atoms with Crippen molar-refractivity contribution in [2.45, 2.75) is 79.2 Å². The van der Waals surface area contributed by atoms with Crippen LogP contribution in [0.4, 0.5) is 0 Å². The van der Waals surface area contributed by atoms with Crippen LogP contribution in [0, 0.1) is 22.7 Å². The fraction of sp³-hybridized carbons (Fsp3) is 0.800. The average Bonchev–Trinajstić information content (AvgIpc) is 2.70. The van der Waals surface area contributed by atoms with Crippen molar-refractivity contribution in [3.8, 4) is 0 Å². The Labute approximate surface area is 130 Å². The highest BCUT2D eigenvalue weighted by Gasteiger charge is 2.53. The molecule has 1 heteroatoms. The molecule has 0 bridgehead atoms. The molecule has 4 atom stereocenters. The zero-order valence-electron chi connectivity index (χ0n) is 14.5. The van der Waals surface area contributed by atoms with Crippen LogP contribution in [0.25, 0.3) is 0 Å². The van der Waals surface area contributed by atoms with Crippen LogP contribution in [-0.4, -0.2) is 11.2 Å². The van der Waals surface area contributed by atoms with Gasteiger partial charge < -0.3 is 5.11 Å². The van der Waals surface area contributed by atoms with Gasteiger partial charge in [-0.3, -0.25) is 0 Å². The largest absolute Gasteiger partial charge is 0.388 e. The molecule has 3 aliphatic rings. The SMILES string of the molecule is CC1=C[C@H](O)[C@]2(C)CC[C@@]3(C)CCC(C(C)C)=C3C2CC1. The Morgan fingerprint density at radius 1 is 1.14 bits per heavy atom. The van der Waals surface area contributed by atoms with E-state index in [-0.39, 0.29) is 11.5 Å². The zero-order valence-corrected chi connectivity index (χ0v) is 14.5. The zero-order chi connectivity index (χ0) is 15.4. The van der Waals surface area contributed by atoms with E-state index in [1.807, 2.05) is 0 Å². The van der Waals surface area contributed by atoms with Crippen molar-refractivity contribution in [1.82, 2.24) is 0 Å². The third-order valence-electron chi connectivity index (χ3n) is 6.94. The molecule has 0 amide bonds. The second-order valence-electron chi connectivity index (χ2n) is 8.71. The van der Waals surface area contributed by atoms with Crippen molar-refractivity contribution in [2.24, 2.45) is 22.7 Å². The van der Waals surface area contributed by atoms with Crippen LogP contribution in [0.5, 0.6) is 0 Å². The molecule has 118 valence electrons. The summed E-state index contributed by atoms with van der Waals surface area (Å²) in [5, 5.41) is 10.8. The van der Waals surface area contributed by atoms with Gasteiger partial charge in [-0.15, -0.1) is 0 Å². The van der Waals surface area contributed by atoms with Gasteiger partial charge >= 0.3 is 0 Å². The van der Waals surface area contributed by atoms with Gasteiger partial charge in [-0.05, 0) is 62.7 Å². The van der Waals surface area contributed by atoms with Gasteiger partial charge in [0, 0.05) is 5.41 Å². The number of aliphatic hydroxyl groups excluding tert-OH is 1. The predicted molar refractivity (Wildman–Crippen MR) is 89.0 cm³/mol. The van der Waals surface area contributed by atoms with E-state index >= 15 is 0 Å². The molecule has 0 radical (unpaired) electrons. The highest BCUT2D eigenvalue weighted by atomic mass is 16.3. The van der Waals surface area contributed by atoms with Crippen molar-refractivity contribution < 1.29 is 5.11 Å². The van der Waals surface area contributed by atoms with Gasteiger partial charge in [-0.1, -0.05) is 50.5 Å². The summed E-state index contributed by atoms with van der Waals surface area (Å²) in [6.45, 7) is 11.7. The van der Waals surface area contributed by atoms with Crippen LogP contribution >= 0.6 is 0 Å². The molecule has 0 aliphatic heterocycles. The number of allylic oxidation sites excluding steroid dienone is 3. The number of hydrogen-bond donors (Lipinski definition) is 1. The Kier molecular flexibility index (Phi) is 3.64. The van der Waals surface area contributed by atoms with Crippen molar-refractivity contribution in [1.29, 1.82) is 0 Å². The third-order valence-corrected chi connectivity index (χ3v) is 6.94. The minimum absolute atomic E-state index is 0.0527. The number of rotatable bonds is 1. The minimum Gasteiger partial charge on any atom is -0.388 e. The van der Waals surface area contributed by atoms with Gasteiger partial charge in [0.15, 0.2) is 0 Å². The quantitative estimate of drug-likeness (QED) is 0.653. The fourth-order valence-electron chi connectivity index (χ4n) is 5.36. The number of hydrogen-bond acceptors (Lipinski definition) is 1. The maximum atomic E-state index is 10.8. The molecule has 3 rings (SSSR count). The first-order valence-electron chi connectivity index (χ1n) is 8.87. The monoisotopic (exact) mass is 288 g/mol. The Morgan fingerprint density at radius 2 is 1.86 bits per heavy atom. The second-order valence-corrected chi connectivity index (χ2v) is 8.71. The maximum Gasteiger partial charge on any atom is 0.0782 e. The van der Waals surface area contributed by atoms with E-state index in [1.165, 1.54) is 37.7 Å². The molecule has 1 nitrogen and oxygen atoms in total. The molecule has 1 unspecified atom stereocenters. The lowest BCUT2D eigenvalue weighted by Crippen LogP contribution is -2.46. The van der Waals surface area contributed by atoms with Crippen LogP contribution in [0.2, 0.25) is 0 Å². The Bertz CT molecular complexity index is 498. The topological polar surface area (TPSA) is 20.2 Å². The predicted octanol–water partition coefficient (Wildman–Crippen LogP) is 5.26. The molecule has 0 saturated heterocycles. The number of aliphatic hydroxyl groups is 1. The van der Waals surface area contributed by atoms with Crippen LogP contribution in [0.1, 0.15) is 73.1 Å². The molecule has 0 aromatic heterocycles. The van der Waals surface area contributed by atoms with Crippen LogP contribution in [0.15, 0.2) is 22.8 Å². The summed E-state index contributed by atoms with van der Waals surface area (Å²) in [5.74, 6) is 1.25. The molecule has 21 heavy (non-hydrogen) atoms. The Hall–Kier alpha value is -0.560. The van der Waals surface area contributed by atoms with E-state index in [1.54, 1.807) is 11.1 Å². The molecule has 0 aromatic rings. The first kappa shape index (κ1) is 15.3. The summed E-state index contributed by atoms with van der Waals surface area (Å²) in [7, 11) is 0. The Morgan fingerprint density at radius 3 is 2.52 bits per heavy atom. The van der Waals surface area contributed by atoms with Crippen LogP contribution < -0.4 is 0 Å². The van der Waals surface area contributed by atoms with Crippen molar-refractivity contribution in [2.75, 3.05) is 0 Å². The van der Waals surface area contributed by atoms with Gasteiger partial charge in [0.1, 0.15) is 0 Å². The molecule has 1 fully saturated rings. The van der Waals surface area contributed by atoms with Crippen LogP contribution in [0.3, 0.4) is 0 Å². The van der Waals surface area contributed by atoms with Gasteiger partial charge in [-0.25, -0.2) is 0 Å². The third kappa shape index (κ3) is 2.23. The fourth-order valence-corrected chi connectivity index (χ4v) is 5.36. The summed E-state index contributed by atoms with van der Waals surface area (Å²) >= 11 is 0. The van der Waals surface area contributed by atoms with Gasteiger partial charge in [0.05, 0.1) is 6.10 Å². The Balaban J connectivity index is 2.09. The van der Waals surface area contributed by atoms with E-state index in [2.05, 4.69) is 40.7 Å². The van der Waals surface area contributed by atoms with Gasteiger partial charge in [-0.2, -0.15) is 0 Å². The van der Waals surface area contributed by atoms with Crippen molar-refractivity contribution in [3.63, 3.8) is 0 Å². The smallest absolute Gasteiger partial charge is 0.0782 e. The average molecular weight is 288 g/mol. The molecule has 3 aliphatic carbocycles. The second kappa shape index (κ2) is 4.98. The highest BCUT2D eigenvalue weighted by Crippen LogP contribution is 2.62. The highest BCUT2D eigenvalue weighted by molar-refractivity contribution is 5.36. The summed E-state index contributed by atoms with van der Waals surface area (Å²) in [6.07, 6.45) is 9.33. The summed E-state index contributed by atoms with van der Waals surface area (Å²) in [4.78, 5) is 0. The molecule has 1 saturated carbocycles. The lowest BCUT2D eigenvalue weighted by molar-refractivity contribution is -0.00647. The minimum atomic E-state index is -0.268. The maximum absolute atomic E-state index is 10.8. The first-order chi connectivity index (χ1) is 9.78. The summed E-state index contributed by atoms with van der Waals surface area (Å²) in [5.41, 5.74) is 5.33. The molecular weight excluding hydrogens is 256 g/mol. The van der Waals surface area contributed by atoms with E-state index in [0.717, 1.165) is 6.42 Å². The summed E-state index contributed by atoms with van der Waals surface area (Å²) < 4.78 is 0. The number of fused-ring (bicyclic) bond motifs is 3. The molecule has 0 heterocycles. The standard InChI is InChI=1S/C20H32O/c1-13(2)15-8-9-19(4)10-11-20(5)16(18(15)19)7-6-14(3)12-17(20)21/h12-13,16-17,21H,6-11H2,1-5H3/t16?,17-,19+,20+/m0/s1. The first-order valence-corrected chi connectivity index (χ1v) is 8.87. The van der Waals surface area contributed by atoms with E-state index in [4.69, 9.17) is 0 Å². The molecule has 0 aromatic carbocycles. The van der Waals surface area contributed by atoms with Crippen molar-refractivity contribution in [3.05, 3.63) is 22.8 Å². The normalized spacial score (nSPS) is 43.5. The van der Waals surface area contributed by atoms with Gasteiger partial charge in [0.2, 0.25) is 0 Å². The molecule has 0 spiro atoms. The van der Waals surface area contributed by atoms with E-state index in [0.29, 0.717) is 17.3 Å². The lowest BCUT2D eigenvalue weighted by atomic mass is 9.54. The van der Waals surface area contributed by atoms with Crippen LogP contribution in [-0.2, 0) is 0 Å². The molecular formula is C20H32O. The van der Waals surface area contributed by atoms with Gasteiger partial charge in [0.25, 0.3) is 0 Å². The lowest BCUT2D eigenvalue weighted by Gasteiger charge is -2.51. The summed E-state index contributed by atoms with van der Waals surface area (Å²) in [6, 6.07) is 0. The molecule has 1 N–H and O–H groups in total. The van der Waals surface area contributed by atoms with E-state index in [9.17, 15) is 5.11 Å². The van der Waals surface area contributed by atoms with Crippen molar-refractivity contribution >= 4 is 0 Å².